The van der Waals surface area contributed by atoms with Crippen molar-refractivity contribution in [2.24, 2.45) is 0 Å². The van der Waals surface area contributed by atoms with Crippen LogP contribution in [0.2, 0.25) is 0 Å². The van der Waals surface area contributed by atoms with Gasteiger partial charge in [0.05, 0.1) is 6.54 Å². The number of anilines is 1. The number of furan rings is 1. The molecule has 8 heteroatoms. The van der Waals surface area contributed by atoms with Gasteiger partial charge in [-0.25, -0.2) is 0 Å². The van der Waals surface area contributed by atoms with Crippen molar-refractivity contribution in [2.45, 2.75) is 19.8 Å². The zero-order valence-corrected chi connectivity index (χ0v) is 16.4. The first-order valence-electron chi connectivity index (χ1n) is 9.57. The number of nitriles is 1. The van der Waals surface area contributed by atoms with Gasteiger partial charge in [0, 0.05) is 24.5 Å². The number of ether oxygens (including phenoxy) is 1. The molecule has 152 valence electrons. The smallest absolute Gasteiger partial charge is 0.256 e. The summed E-state index contributed by atoms with van der Waals surface area (Å²) in [5, 5.41) is 15.1. The topological polar surface area (TPSA) is 109 Å². The van der Waals surface area contributed by atoms with Gasteiger partial charge in [0.25, 0.3) is 5.91 Å². The highest BCUT2D eigenvalue weighted by molar-refractivity contribution is 5.98. The molecule has 0 unspecified atom stereocenters. The van der Waals surface area contributed by atoms with Crippen LogP contribution in [0.5, 0.6) is 5.75 Å². The minimum absolute atomic E-state index is 0.0186. The van der Waals surface area contributed by atoms with Crippen LogP contribution in [-0.4, -0.2) is 29.5 Å². The van der Waals surface area contributed by atoms with Gasteiger partial charge in [-0.3, -0.25) is 14.2 Å². The predicted octanol–water partition coefficient (Wildman–Crippen LogP) is 2.94. The van der Waals surface area contributed by atoms with Gasteiger partial charge >= 0.3 is 0 Å². The molecule has 2 N–H and O–H groups in total. The van der Waals surface area contributed by atoms with Gasteiger partial charge in [-0.1, -0.05) is 0 Å². The van der Waals surface area contributed by atoms with E-state index in [4.69, 9.17) is 9.15 Å². The molecule has 0 atom stereocenters. The Kier molecular flexibility index (Phi) is 5.26. The van der Waals surface area contributed by atoms with Crippen molar-refractivity contribution < 1.29 is 18.7 Å². The van der Waals surface area contributed by atoms with Gasteiger partial charge in [-0.2, -0.15) is 5.26 Å². The van der Waals surface area contributed by atoms with Crippen molar-refractivity contribution >= 4 is 17.5 Å². The van der Waals surface area contributed by atoms with Crippen LogP contribution in [0.3, 0.4) is 0 Å². The summed E-state index contributed by atoms with van der Waals surface area (Å²) in [6.45, 7) is 2.19. The van der Waals surface area contributed by atoms with Crippen LogP contribution in [0.25, 0.3) is 5.88 Å². The molecule has 3 heterocycles. The van der Waals surface area contributed by atoms with Gasteiger partial charge in [-0.15, -0.1) is 0 Å². The molecule has 0 bridgehead atoms. The maximum absolute atomic E-state index is 12.6. The molecule has 3 aromatic rings. The van der Waals surface area contributed by atoms with Gasteiger partial charge in [0.1, 0.15) is 35.3 Å². The number of nitrogens with zero attached hydrogens (tertiary/aromatic N) is 2. The molecule has 0 saturated heterocycles. The van der Waals surface area contributed by atoms with E-state index in [1.807, 2.05) is 24.3 Å². The summed E-state index contributed by atoms with van der Waals surface area (Å²) in [4.78, 5) is 24.1. The molecule has 4 rings (SSSR count). The number of benzene rings is 1. The fourth-order valence-electron chi connectivity index (χ4n) is 3.43. The van der Waals surface area contributed by atoms with Gasteiger partial charge in [0.2, 0.25) is 11.8 Å². The average molecular weight is 404 g/mol. The number of aromatic nitrogens is 1. The molecule has 30 heavy (non-hydrogen) atoms. The molecule has 2 amide bonds. The molecule has 8 nitrogen and oxygen atoms in total. The fourth-order valence-corrected chi connectivity index (χ4v) is 3.43. The Morgan fingerprint density at radius 2 is 2.13 bits per heavy atom. The number of hydrogen-bond donors (Lipinski definition) is 2. The quantitative estimate of drug-likeness (QED) is 0.614. The highest BCUT2D eigenvalue weighted by Crippen LogP contribution is 2.27. The monoisotopic (exact) mass is 404 g/mol. The minimum atomic E-state index is -0.386. The third kappa shape index (κ3) is 3.78. The largest absolute Gasteiger partial charge is 0.492 e. The molecule has 2 aromatic heterocycles. The number of rotatable bonds is 6. The van der Waals surface area contributed by atoms with Crippen molar-refractivity contribution in [3.05, 3.63) is 65.2 Å². The lowest BCUT2D eigenvalue weighted by Gasteiger charge is -2.17. The lowest BCUT2D eigenvalue weighted by atomic mass is 10.0. The Morgan fingerprint density at radius 1 is 1.33 bits per heavy atom. The Labute approximate surface area is 173 Å². The van der Waals surface area contributed by atoms with Crippen molar-refractivity contribution in [2.75, 3.05) is 18.5 Å². The SMILES string of the molecule is Cc1oc(-n2cccc2)c(C#N)c1C(=O)NCCOc1ccc2c(c1)CCC(=O)N2. The van der Waals surface area contributed by atoms with Crippen LogP contribution in [-0.2, 0) is 11.2 Å². The van der Waals surface area contributed by atoms with Gasteiger partial charge < -0.3 is 19.8 Å². The van der Waals surface area contributed by atoms with E-state index in [9.17, 15) is 14.9 Å². The van der Waals surface area contributed by atoms with Crippen molar-refractivity contribution in [3.63, 3.8) is 0 Å². The number of carbonyl (C=O) groups excluding carboxylic acids is 2. The first-order chi connectivity index (χ1) is 14.6. The number of hydrogen-bond acceptors (Lipinski definition) is 5. The molecule has 1 aliphatic heterocycles. The van der Waals surface area contributed by atoms with Crippen LogP contribution < -0.4 is 15.4 Å². The van der Waals surface area contributed by atoms with E-state index in [-0.39, 0.29) is 36.1 Å². The zero-order chi connectivity index (χ0) is 21.1. The molecule has 0 saturated carbocycles. The minimum Gasteiger partial charge on any atom is -0.492 e. The first-order valence-corrected chi connectivity index (χ1v) is 9.57. The zero-order valence-electron chi connectivity index (χ0n) is 16.4. The summed E-state index contributed by atoms with van der Waals surface area (Å²) in [6, 6.07) is 11.2. The van der Waals surface area contributed by atoms with E-state index in [1.165, 1.54) is 0 Å². The second-order valence-corrected chi connectivity index (χ2v) is 6.89. The standard InChI is InChI=1S/C22H20N4O4/c1-14-20(17(13-23)22(30-14)26-9-2-3-10-26)21(28)24-8-11-29-16-5-6-18-15(12-16)4-7-19(27)25-18/h2-3,5-6,9-10,12H,4,7-8,11H2,1H3,(H,24,28)(H,25,27). The van der Waals surface area contributed by atoms with E-state index in [1.54, 1.807) is 30.0 Å². The number of fused-ring (bicyclic) bond motifs is 1. The maximum Gasteiger partial charge on any atom is 0.256 e. The van der Waals surface area contributed by atoms with Crippen molar-refractivity contribution in [1.82, 2.24) is 9.88 Å². The van der Waals surface area contributed by atoms with E-state index in [2.05, 4.69) is 16.7 Å². The van der Waals surface area contributed by atoms with Crippen LogP contribution in [0.4, 0.5) is 5.69 Å². The molecular formula is C22H20N4O4. The molecule has 0 fully saturated rings. The van der Waals surface area contributed by atoms with Gasteiger partial charge in [0.15, 0.2) is 0 Å². The Morgan fingerprint density at radius 3 is 2.90 bits per heavy atom. The average Bonchev–Trinajstić information content (AvgIpc) is 3.38. The summed E-state index contributed by atoms with van der Waals surface area (Å²) >= 11 is 0. The number of aryl methyl sites for hydroxylation is 2. The fraction of sp³-hybridized carbons (Fsp3) is 0.227. The summed E-state index contributed by atoms with van der Waals surface area (Å²) < 4.78 is 13.0. The molecule has 1 aliphatic rings. The molecule has 0 radical (unpaired) electrons. The molecule has 1 aromatic carbocycles. The summed E-state index contributed by atoms with van der Waals surface area (Å²) in [7, 11) is 0. The molecular weight excluding hydrogens is 384 g/mol. The lowest BCUT2D eigenvalue weighted by molar-refractivity contribution is -0.116. The number of nitrogens with one attached hydrogen (secondary N) is 2. The van der Waals surface area contributed by atoms with Gasteiger partial charge in [-0.05, 0) is 49.2 Å². The normalized spacial score (nSPS) is 12.6. The van der Waals surface area contributed by atoms with Crippen LogP contribution in [0, 0.1) is 18.3 Å². The summed E-state index contributed by atoms with van der Waals surface area (Å²) in [5.74, 6) is 1.01. The summed E-state index contributed by atoms with van der Waals surface area (Å²) in [6.07, 6.45) is 4.63. The van der Waals surface area contributed by atoms with E-state index in [0.29, 0.717) is 30.2 Å². The third-order valence-corrected chi connectivity index (χ3v) is 4.87. The predicted molar refractivity (Wildman–Crippen MR) is 109 cm³/mol. The first kappa shape index (κ1) is 19.3. The lowest BCUT2D eigenvalue weighted by Crippen LogP contribution is -2.29. The maximum atomic E-state index is 12.6. The van der Waals surface area contributed by atoms with Crippen molar-refractivity contribution in [3.8, 4) is 17.7 Å². The molecule has 0 spiro atoms. The van der Waals surface area contributed by atoms with Crippen molar-refractivity contribution in [1.29, 1.82) is 5.26 Å². The van der Waals surface area contributed by atoms with E-state index in [0.717, 1.165) is 11.3 Å². The highest BCUT2D eigenvalue weighted by atomic mass is 16.5. The number of carbonyl (C=O) groups is 2. The Hall–Kier alpha value is -3.99. The van der Waals surface area contributed by atoms with Crippen LogP contribution in [0.1, 0.15) is 33.7 Å². The Balaban J connectivity index is 1.37. The van der Waals surface area contributed by atoms with E-state index < -0.39 is 0 Å². The highest BCUT2D eigenvalue weighted by Gasteiger charge is 2.24. The number of amides is 2. The molecule has 0 aliphatic carbocycles. The summed E-state index contributed by atoms with van der Waals surface area (Å²) in [5.41, 5.74) is 2.26. The van der Waals surface area contributed by atoms with Crippen LogP contribution >= 0.6 is 0 Å². The van der Waals surface area contributed by atoms with E-state index >= 15 is 0 Å². The van der Waals surface area contributed by atoms with Crippen LogP contribution in [0.15, 0.2) is 47.1 Å². The Bertz CT molecular complexity index is 1140. The third-order valence-electron chi connectivity index (χ3n) is 4.87. The second-order valence-electron chi connectivity index (χ2n) is 6.89. The second kappa shape index (κ2) is 8.17.